The Hall–Kier alpha value is -1.10. The molecule has 1 saturated heterocycles. The molecule has 2 rings (SSSR count). The monoisotopic (exact) mass is 283 g/mol. The van der Waals surface area contributed by atoms with E-state index < -0.39 is 16.4 Å². The van der Waals surface area contributed by atoms with E-state index in [0.29, 0.717) is 17.7 Å². The summed E-state index contributed by atoms with van der Waals surface area (Å²) in [5.41, 5.74) is 0.310. The van der Waals surface area contributed by atoms with Crippen LogP contribution >= 0.6 is 11.8 Å². The average Bonchev–Trinajstić information content (AvgIpc) is 2.13. The predicted molar refractivity (Wildman–Crippen MR) is 57.6 cm³/mol. The minimum atomic E-state index is -4.67. The predicted octanol–water partition coefficient (Wildman–Crippen LogP) is -0.393. The van der Waals surface area contributed by atoms with Gasteiger partial charge in [0.15, 0.2) is 0 Å². The molecular formula is C7H9NO7S2. The van der Waals surface area contributed by atoms with Crippen molar-refractivity contribution in [3.05, 3.63) is 11.8 Å². The summed E-state index contributed by atoms with van der Waals surface area (Å²) in [6.07, 6.45) is 2.00. The van der Waals surface area contributed by atoms with Gasteiger partial charge in [0.05, 0.1) is 17.4 Å². The third kappa shape index (κ3) is 4.34. The van der Waals surface area contributed by atoms with E-state index in [9.17, 15) is 9.59 Å². The highest BCUT2D eigenvalue weighted by Gasteiger charge is 2.38. The van der Waals surface area contributed by atoms with Gasteiger partial charge in [-0.1, -0.05) is 0 Å². The molecule has 0 bridgehead atoms. The van der Waals surface area contributed by atoms with Gasteiger partial charge in [-0.2, -0.15) is 8.42 Å². The molecule has 2 aliphatic heterocycles. The van der Waals surface area contributed by atoms with Gasteiger partial charge in [-0.05, 0) is 0 Å². The molecule has 0 unspecified atom stereocenters. The molecule has 8 nitrogen and oxygen atoms in total. The van der Waals surface area contributed by atoms with E-state index in [-0.39, 0.29) is 11.3 Å². The second-order valence-corrected chi connectivity index (χ2v) is 5.24. The summed E-state index contributed by atoms with van der Waals surface area (Å²) in [4.78, 5) is 22.9. The zero-order chi connectivity index (χ0) is 13.2. The van der Waals surface area contributed by atoms with Crippen LogP contribution in [0, 0.1) is 0 Å². The van der Waals surface area contributed by atoms with Gasteiger partial charge in [-0.3, -0.25) is 13.9 Å². The van der Waals surface area contributed by atoms with Crippen molar-refractivity contribution in [2.24, 2.45) is 0 Å². The largest absolute Gasteiger partial charge is 0.478 e. The number of fused-ring (bicyclic) bond motifs is 1. The number of hydrogen-bond donors (Lipinski definition) is 3. The van der Waals surface area contributed by atoms with Crippen molar-refractivity contribution in [1.82, 2.24) is 4.90 Å². The number of β-lactam (4-membered cyclic amide) rings is 1. The maximum atomic E-state index is 10.9. The SMILES string of the molecule is O=C(O)C1=CN2C(=O)C[C@H]2SC1.O=S(=O)(O)O. The highest BCUT2D eigenvalue weighted by molar-refractivity contribution is 8.00. The molecule has 10 heteroatoms. The summed E-state index contributed by atoms with van der Waals surface area (Å²) < 4.78 is 31.6. The van der Waals surface area contributed by atoms with Gasteiger partial charge in [0.1, 0.15) is 0 Å². The van der Waals surface area contributed by atoms with Crippen molar-refractivity contribution in [2.45, 2.75) is 11.8 Å². The summed E-state index contributed by atoms with van der Waals surface area (Å²) in [6, 6.07) is 0. The zero-order valence-electron chi connectivity index (χ0n) is 8.31. The van der Waals surface area contributed by atoms with Gasteiger partial charge >= 0.3 is 16.4 Å². The first-order valence-electron chi connectivity index (χ1n) is 4.25. The molecule has 1 fully saturated rings. The number of carboxylic acid groups (broad SMARTS) is 1. The molecule has 0 aromatic carbocycles. The van der Waals surface area contributed by atoms with Gasteiger partial charge in [0.25, 0.3) is 0 Å². The first-order chi connectivity index (χ1) is 7.68. The fourth-order valence-corrected chi connectivity index (χ4v) is 2.37. The Morgan fingerprint density at radius 1 is 1.47 bits per heavy atom. The Kier molecular flexibility index (Phi) is 4.14. The van der Waals surface area contributed by atoms with Crippen LogP contribution < -0.4 is 0 Å². The molecule has 0 radical (unpaired) electrons. The van der Waals surface area contributed by atoms with Crippen molar-refractivity contribution in [2.75, 3.05) is 5.75 Å². The first kappa shape index (κ1) is 14.0. The third-order valence-electron chi connectivity index (χ3n) is 1.95. The Bertz CT molecular complexity index is 461. The van der Waals surface area contributed by atoms with E-state index in [1.807, 2.05) is 0 Å². The van der Waals surface area contributed by atoms with Gasteiger partial charge in [-0.15, -0.1) is 11.8 Å². The van der Waals surface area contributed by atoms with Gasteiger partial charge in [0.2, 0.25) is 5.91 Å². The molecule has 3 N–H and O–H groups in total. The van der Waals surface area contributed by atoms with E-state index in [1.165, 1.54) is 22.9 Å². The van der Waals surface area contributed by atoms with Gasteiger partial charge in [-0.25, -0.2) is 4.79 Å². The molecule has 1 amide bonds. The highest BCUT2D eigenvalue weighted by atomic mass is 32.3. The number of carbonyl (C=O) groups is 2. The number of nitrogens with zero attached hydrogens (tertiary/aromatic N) is 1. The molecule has 0 aromatic heterocycles. The molecular weight excluding hydrogens is 274 g/mol. The van der Waals surface area contributed by atoms with E-state index in [0.717, 1.165) is 0 Å². The van der Waals surface area contributed by atoms with Crippen molar-refractivity contribution in [1.29, 1.82) is 0 Å². The van der Waals surface area contributed by atoms with E-state index in [2.05, 4.69) is 0 Å². The zero-order valence-corrected chi connectivity index (χ0v) is 9.94. The molecule has 1 atom stereocenters. The molecule has 2 aliphatic rings. The molecule has 17 heavy (non-hydrogen) atoms. The molecule has 96 valence electrons. The number of carbonyl (C=O) groups excluding carboxylic acids is 1. The van der Waals surface area contributed by atoms with Crippen LogP contribution in [0.4, 0.5) is 0 Å². The van der Waals surface area contributed by atoms with Crippen LogP contribution in [0.3, 0.4) is 0 Å². The standard InChI is InChI=1S/C7H7NO3S.H2O4S/c9-5-1-6-8(5)2-4(3-12-6)7(10)11;1-5(2,3)4/h2,6H,1,3H2,(H,10,11);(H2,1,2,3,4)/t6-;/m1./s1. The van der Waals surface area contributed by atoms with Crippen molar-refractivity contribution < 1.29 is 32.2 Å². The summed E-state index contributed by atoms with van der Waals surface area (Å²) in [5, 5.41) is 8.83. The quantitative estimate of drug-likeness (QED) is 0.437. The van der Waals surface area contributed by atoms with E-state index in [1.54, 1.807) is 0 Å². The minimum Gasteiger partial charge on any atom is -0.478 e. The lowest BCUT2D eigenvalue weighted by molar-refractivity contribution is -0.137. The Morgan fingerprint density at radius 2 is 2.00 bits per heavy atom. The lowest BCUT2D eigenvalue weighted by Gasteiger charge is -2.40. The summed E-state index contributed by atoms with van der Waals surface area (Å²) in [5.74, 6) is -0.407. The number of aliphatic carboxylic acids is 1. The maximum Gasteiger partial charge on any atom is 0.394 e. The second-order valence-electron chi connectivity index (χ2n) is 3.18. The highest BCUT2D eigenvalue weighted by Crippen LogP contribution is 2.35. The molecule has 0 saturated carbocycles. The van der Waals surface area contributed by atoms with Crippen LogP contribution in [0.2, 0.25) is 0 Å². The van der Waals surface area contributed by atoms with Crippen LogP contribution in [-0.2, 0) is 20.0 Å². The van der Waals surface area contributed by atoms with Crippen LogP contribution in [0.5, 0.6) is 0 Å². The summed E-state index contributed by atoms with van der Waals surface area (Å²) in [7, 11) is -4.67. The Balaban J connectivity index is 0.000000249. The van der Waals surface area contributed by atoms with E-state index >= 15 is 0 Å². The lowest BCUT2D eigenvalue weighted by atomic mass is 10.2. The van der Waals surface area contributed by atoms with Gasteiger partial charge < -0.3 is 10.0 Å². The molecule has 2 heterocycles. The van der Waals surface area contributed by atoms with Crippen molar-refractivity contribution >= 4 is 34.0 Å². The average molecular weight is 283 g/mol. The third-order valence-corrected chi connectivity index (χ3v) is 3.20. The minimum absolute atomic E-state index is 0.0194. The Morgan fingerprint density at radius 3 is 2.41 bits per heavy atom. The fraction of sp³-hybridized carbons (Fsp3) is 0.429. The van der Waals surface area contributed by atoms with E-state index in [4.69, 9.17) is 22.6 Å². The van der Waals surface area contributed by atoms with Crippen LogP contribution in [-0.4, -0.2) is 50.5 Å². The number of rotatable bonds is 1. The maximum absolute atomic E-state index is 10.9. The number of carboxylic acids is 1. The molecule has 0 aliphatic carbocycles. The number of thioether (sulfide) groups is 1. The number of amides is 1. The molecule has 0 aromatic rings. The second kappa shape index (κ2) is 5.04. The van der Waals surface area contributed by atoms with Crippen molar-refractivity contribution in [3.8, 4) is 0 Å². The lowest BCUT2D eigenvalue weighted by Crippen LogP contribution is -2.49. The first-order valence-corrected chi connectivity index (χ1v) is 6.69. The summed E-state index contributed by atoms with van der Waals surface area (Å²) >= 11 is 1.51. The fourth-order valence-electron chi connectivity index (χ4n) is 1.20. The Labute approximate surface area is 101 Å². The topological polar surface area (TPSA) is 132 Å². The normalized spacial score (nSPS) is 22.7. The van der Waals surface area contributed by atoms with Crippen LogP contribution in [0.1, 0.15) is 6.42 Å². The molecule has 0 spiro atoms. The van der Waals surface area contributed by atoms with Crippen LogP contribution in [0.15, 0.2) is 11.8 Å². The smallest absolute Gasteiger partial charge is 0.394 e. The van der Waals surface area contributed by atoms with Crippen LogP contribution in [0.25, 0.3) is 0 Å². The van der Waals surface area contributed by atoms with Crippen molar-refractivity contribution in [3.63, 3.8) is 0 Å². The summed E-state index contributed by atoms with van der Waals surface area (Å²) in [6.45, 7) is 0. The van der Waals surface area contributed by atoms with Gasteiger partial charge in [0, 0.05) is 12.0 Å². The number of hydrogen-bond acceptors (Lipinski definition) is 5.